The lowest BCUT2D eigenvalue weighted by Crippen LogP contribution is -2.32. The summed E-state index contributed by atoms with van der Waals surface area (Å²) in [6.07, 6.45) is 19.3. The average Bonchev–Trinajstić information content (AvgIpc) is 0.872. The molecule has 0 aliphatic carbocycles. The molecule has 0 spiro atoms. The predicted octanol–water partition coefficient (Wildman–Crippen LogP) is 32.9. The number of rotatable bonds is 30. The van der Waals surface area contributed by atoms with E-state index in [1.165, 1.54) is 32.4 Å². The summed E-state index contributed by atoms with van der Waals surface area (Å²) in [5, 5.41) is 0. The van der Waals surface area contributed by atoms with E-state index in [1.807, 2.05) is 256 Å². The van der Waals surface area contributed by atoms with Gasteiger partial charge in [-0.1, -0.05) is 342 Å². The standard InChI is InChI=1S/C13H25NO.C13H18O.C12H17NO.5C12H16O.2C11H15NO.C6H13NO.C5H10O/c1-13(2,3)11-12(15)7-10-14-8-5-4-6-9-14;1-9(2)5-13(14)12-7-10(3)6-11(4)8-12;1-9-5-10(8-13-7-9)11(14)6-12(2,3)4;5*1-9(2)7-12(13)11-6-4-5-10(3)8-11;1-11(2,3)7-10(13)9-5-4-6-12-8-9;1-11(2,3)8-10(13)9-6-4-5-7-12-9;1-5(2)6(8)7(3)4;1-4(2)5(3)6/h4-11H2,1-3H3;6-9H,5H2,1-4H3;5,7-8H,6H2,1-4H3;5*4-6,8-9H,7H2,1-3H3;4-6,8H,7H2,1-3H3;4-7H,8H2,1-3H3;5H,1-4H3;4H,1-3H3. The number of likely N-dealkylation sites (tertiary alicyclic amines) is 1. The van der Waals surface area contributed by atoms with Gasteiger partial charge in [-0.15, -0.1) is 0 Å². The highest BCUT2D eigenvalue weighted by molar-refractivity contribution is 6.00. The van der Waals surface area contributed by atoms with Crippen molar-refractivity contribution in [2.24, 2.45) is 69.0 Å². The Morgan fingerprint density at radius 3 is 0.838 bits per heavy atom. The fourth-order valence-corrected chi connectivity index (χ4v) is 14.3. The molecule has 1 amide bonds. The molecule has 3 aromatic heterocycles. The summed E-state index contributed by atoms with van der Waals surface area (Å²) in [4.78, 5) is 153. The Kier molecular flexibility index (Phi) is 68.2. The van der Waals surface area contributed by atoms with Crippen molar-refractivity contribution in [3.8, 4) is 0 Å². The van der Waals surface area contributed by atoms with Crippen LogP contribution in [0.2, 0.25) is 0 Å². The molecular weight excluding hydrogens is 1840 g/mol. The van der Waals surface area contributed by atoms with Crippen molar-refractivity contribution in [2.75, 3.05) is 33.7 Å². The SMILES string of the molecule is CC(=O)C(C)C.CC(C)(C)CC(=O)CCN1CCCCC1.CC(C)(C)CC(=O)c1ccccn1.CC(C)(C)CC(=O)c1cccnc1.CC(C)C(=O)N(C)C.Cc1cc(C)cc(C(=O)CC(C)C)c1.Cc1cccc(C(=O)CC(C)C)c1.Cc1cccc(C(=O)CC(C)C)c1.Cc1cccc(C(=O)CC(C)C)c1.Cc1cccc(C(=O)CC(C)C)c1.Cc1cccc(C(=O)CC(C)C)c1.Cc1cncc(C(=O)CC(C)(C)C)c1. The molecule has 1 saturated heterocycles. The maximum Gasteiger partial charge on any atom is 0.224 e. The van der Waals surface area contributed by atoms with Crippen LogP contribution in [0.15, 0.2) is 207 Å². The van der Waals surface area contributed by atoms with Crippen LogP contribution < -0.4 is 0 Å². The zero-order chi connectivity index (χ0) is 114. The molecule has 148 heavy (non-hydrogen) atoms. The third kappa shape index (κ3) is 72.8. The minimum absolute atomic E-state index is 0.0363. The lowest BCUT2D eigenvalue weighted by molar-refractivity contribution is -0.131. The number of pyridine rings is 3. The van der Waals surface area contributed by atoms with E-state index in [4.69, 9.17) is 0 Å². The molecule has 0 unspecified atom stereocenters. The monoisotopic (exact) mass is 2030 g/mol. The number of aryl methyl sites for hydroxylation is 8. The van der Waals surface area contributed by atoms with Crippen LogP contribution in [0.25, 0.3) is 0 Å². The number of benzene rings is 6. The van der Waals surface area contributed by atoms with Crippen molar-refractivity contribution in [3.63, 3.8) is 0 Å². The molecule has 0 atom stereocenters. The van der Waals surface area contributed by atoms with Gasteiger partial charge in [-0.25, -0.2) is 0 Å². The third-order valence-corrected chi connectivity index (χ3v) is 21.6. The summed E-state index contributed by atoms with van der Waals surface area (Å²) < 4.78 is 0. The fourth-order valence-electron chi connectivity index (χ4n) is 14.3. The Hall–Kier alpha value is -11.4. The molecule has 0 radical (unpaired) electrons. The summed E-state index contributed by atoms with van der Waals surface area (Å²) in [6, 6.07) is 55.8. The van der Waals surface area contributed by atoms with Gasteiger partial charge in [0.25, 0.3) is 0 Å². The predicted molar refractivity (Wildman–Crippen MR) is 620 cm³/mol. The molecule has 0 N–H and O–H groups in total. The van der Waals surface area contributed by atoms with Crippen molar-refractivity contribution in [2.45, 2.75) is 346 Å². The van der Waals surface area contributed by atoms with Crippen molar-refractivity contribution in [1.82, 2.24) is 24.8 Å². The summed E-state index contributed by atoms with van der Waals surface area (Å²) >= 11 is 0. The Labute approximate surface area is 896 Å². The van der Waals surface area contributed by atoms with E-state index >= 15 is 0 Å². The summed E-state index contributed by atoms with van der Waals surface area (Å²) in [5.74, 6) is 5.80. The second-order valence-electron chi connectivity index (χ2n) is 47.6. The number of ketones is 11. The van der Waals surface area contributed by atoms with Crippen LogP contribution in [-0.4, -0.2) is 128 Å². The van der Waals surface area contributed by atoms with Gasteiger partial charge in [-0.3, -0.25) is 72.5 Å². The van der Waals surface area contributed by atoms with Gasteiger partial charge < -0.3 is 9.80 Å². The highest BCUT2D eigenvalue weighted by Crippen LogP contribution is 2.27. The first-order chi connectivity index (χ1) is 68.5. The fraction of sp³-hybridized carbons (Fsp3) is 0.519. The lowest BCUT2D eigenvalue weighted by Gasteiger charge is -2.26. The quantitative estimate of drug-likeness (QED) is 0.0379. The van der Waals surface area contributed by atoms with Gasteiger partial charge in [0.2, 0.25) is 5.91 Å². The molecule has 17 nitrogen and oxygen atoms in total. The Bertz CT molecular complexity index is 4980. The average molecular weight is 2030 g/mol. The van der Waals surface area contributed by atoms with Gasteiger partial charge in [0, 0.05) is 179 Å². The second-order valence-corrected chi connectivity index (χ2v) is 47.6. The lowest BCUT2D eigenvalue weighted by atomic mass is 9.88. The van der Waals surface area contributed by atoms with Crippen molar-refractivity contribution in [3.05, 3.63) is 302 Å². The zero-order valence-corrected chi connectivity index (χ0v) is 98.9. The number of hydrogen-bond donors (Lipinski definition) is 0. The first-order valence-electron chi connectivity index (χ1n) is 53.4. The van der Waals surface area contributed by atoms with E-state index in [2.05, 4.69) is 171 Å². The van der Waals surface area contributed by atoms with E-state index in [-0.39, 0.29) is 97.2 Å². The van der Waals surface area contributed by atoms with E-state index in [0.717, 1.165) is 103 Å². The molecule has 4 heterocycles. The van der Waals surface area contributed by atoms with Crippen LogP contribution in [-0.2, 0) is 14.4 Å². The number of hydrogen-bond acceptors (Lipinski definition) is 16. The second kappa shape index (κ2) is 72.9. The topological polar surface area (TPSA) is 250 Å². The van der Waals surface area contributed by atoms with Crippen molar-refractivity contribution >= 4 is 69.5 Å². The van der Waals surface area contributed by atoms with E-state index in [9.17, 15) is 57.5 Å². The zero-order valence-electron chi connectivity index (χ0n) is 98.9. The number of aromatic nitrogens is 3. The van der Waals surface area contributed by atoms with Gasteiger partial charge in [0.05, 0.1) is 0 Å². The minimum Gasteiger partial charge on any atom is -0.349 e. The van der Waals surface area contributed by atoms with Crippen LogP contribution in [0.1, 0.15) is 429 Å². The van der Waals surface area contributed by atoms with Crippen molar-refractivity contribution < 1.29 is 57.5 Å². The Balaban J connectivity index is 0. The van der Waals surface area contributed by atoms with Gasteiger partial charge in [-0.05, 0) is 224 Å². The number of piperidine rings is 1. The normalized spacial score (nSPS) is 11.5. The first-order valence-corrected chi connectivity index (χ1v) is 53.4. The van der Waals surface area contributed by atoms with Crippen LogP contribution in [0.5, 0.6) is 0 Å². The molecule has 814 valence electrons. The van der Waals surface area contributed by atoms with Gasteiger partial charge >= 0.3 is 0 Å². The van der Waals surface area contributed by atoms with Gasteiger partial charge in [0.15, 0.2) is 52.0 Å². The number of amides is 1. The van der Waals surface area contributed by atoms with Gasteiger partial charge in [-0.2, -0.15) is 0 Å². The molecule has 0 saturated carbocycles. The molecule has 17 heteroatoms. The van der Waals surface area contributed by atoms with E-state index in [0.29, 0.717) is 110 Å². The molecule has 9 aromatic rings. The molecular formula is C131H193N5O12. The van der Waals surface area contributed by atoms with E-state index < -0.39 is 0 Å². The molecule has 6 aromatic carbocycles. The molecule has 0 bridgehead atoms. The number of carbonyl (C=O) groups excluding carboxylic acids is 12. The first kappa shape index (κ1) is 139. The largest absolute Gasteiger partial charge is 0.349 e. The number of Topliss-reactive ketones (excluding diaryl/α,β-unsaturated/α-hetero) is 11. The molecule has 1 aliphatic heterocycles. The molecule has 10 rings (SSSR count). The third-order valence-electron chi connectivity index (χ3n) is 21.6. The highest BCUT2D eigenvalue weighted by Gasteiger charge is 2.23. The summed E-state index contributed by atoms with van der Waals surface area (Å²) in [6.45, 7) is 78.2. The Morgan fingerprint density at radius 2 is 0.581 bits per heavy atom. The van der Waals surface area contributed by atoms with Crippen LogP contribution in [0.4, 0.5) is 0 Å². The summed E-state index contributed by atoms with van der Waals surface area (Å²) in [7, 11) is 3.53. The molecule has 1 aliphatic rings. The summed E-state index contributed by atoms with van der Waals surface area (Å²) in [5.41, 5.74) is 16.4. The van der Waals surface area contributed by atoms with Crippen molar-refractivity contribution in [1.29, 1.82) is 0 Å². The molecule has 1 fully saturated rings. The van der Waals surface area contributed by atoms with E-state index in [1.54, 1.807) is 75.1 Å². The number of nitrogens with zero attached hydrogens (tertiary/aromatic N) is 5. The Morgan fingerprint density at radius 1 is 0.291 bits per heavy atom. The van der Waals surface area contributed by atoms with Gasteiger partial charge in [0.1, 0.15) is 17.3 Å². The number of carbonyl (C=O) groups is 12. The minimum atomic E-state index is 0.0363. The maximum absolute atomic E-state index is 11.8. The smallest absolute Gasteiger partial charge is 0.224 e. The van der Waals surface area contributed by atoms with Crippen LogP contribution >= 0.6 is 0 Å². The maximum atomic E-state index is 11.8. The highest BCUT2D eigenvalue weighted by atomic mass is 16.2. The van der Waals surface area contributed by atoms with Crippen LogP contribution in [0, 0.1) is 124 Å². The van der Waals surface area contributed by atoms with Crippen LogP contribution in [0.3, 0.4) is 0 Å².